The molecule has 4 nitrogen and oxygen atoms in total. The lowest BCUT2D eigenvalue weighted by atomic mass is 10.2. The quantitative estimate of drug-likeness (QED) is 0.662. The molecule has 1 unspecified atom stereocenters. The Labute approximate surface area is 85.6 Å². The number of rotatable bonds is 3. The maximum absolute atomic E-state index is 11.4. The summed E-state index contributed by atoms with van der Waals surface area (Å²) >= 11 is 0. The number of nitrogens with zero attached hydrogens (tertiary/aromatic N) is 1. The van der Waals surface area contributed by atoms with Crippen molar-refractivity contribution in [3.8, 4) is 0 Å². The second kappa shape index (κ2) is 5.32. The zero-order valence-electron chi connectivity index (χ0n) is 9.25. The van der Waals surface area contributed by atoms with Gasteiger partial charge in [-0.2, -0.15) is 0 Å². The molecular weight excluding hydrogens is 180 g/mol. The minimum absolute atomic E-state index is 0.0132. The molecule has 0 aromatic heterocycles. The van der Waals surface area contributed by atoms with Crippen LogP contribution in [-0.4, -0.2) is 49.2 Å². The predicted molar refractivity (Wildman–Crippen MR) is 55.1 cm³/mol. The van der Waals surface area contributed by atoms with E-state index >= 15 is 0 Å². The highest BCUT2D eigenvalue weighted by Crippen LogP contribution is 2.02. The molecule has 0 spiro atoms. The molecule has 0 aromatic carbocycles. The van der Waals surface area contributed by atoms with Crippen LogP contribution in [0.3, 0.4) is 0 Å². The van der Waals surface area contributed by atoms with Gasteiger partial charge in [-0.05, 0) is 20.8 Å². The summed E-state index contributed by atoms with van der Waals surface area (Å²) in [5, 5.41) is 3.28. The second-order valence-electron chi connectivity index (χ2n) is 4.06. The zero-order valence-corrected chi connectivity index (χ0v) is 9.25. The highest BCUT2D eigenvalue weighted by Gasteiger charge is 2.20. The Kier molecular flexibility index (Phi) is 4.35. The molecule has 1 atom stereocenters. The SMILES string of the molecule is CC(C)OC(=O)CN1CCNCC1C. The summed E-state index contributed by atoms with van der Waals surface area (Å²) in [6.45, 7) is 9.12. The van der Waals surface area contributed by atoms with Crippen LogP contribution in [0.5, 0.6) is 0 Å². The van der Waals surface area contributed by atoms with Crippen LogP contribution in [0.2, 0.25) is 0 Å². The monoisotopic (exact) mass is 200 g/mol. The van der Waals surface area contributed by atoms with Crippen LogP contribution >= 0.6 is 0 Å². The third kappa shape index (κ3) is 3.64. The summed E-state index contributed by atoms with van der Waals surface area (Å²) in [6.07, 6.45) is -0.0132. The number of ether oxygens (including phenoxy) is 1. The van der Waals surface area contributed by atoms with Crippen LogP contribution in [0.25, 0.3) is 0 Å². The number of nitrogens with one attached hydrogen (secondary N) is 1. The minimum Gasteiger partial charge on any atom is -0.462 e. The molecule has 1 aliphatic heterocycles. The zero-order chi connectivity index (χ0) is 10.6. The van der Waals surface area contributed by atoms with Gasteiger partial charge < -0.3 is 10.1 Å². The first-order valence-electron chi connectivity index (χ1n) is 5.24. The first kappa shape index (κ1) is 11.5. The van der Waals surface area contributed by atoms with E-state index in [-0.39, 0.29) is 12.1 Å². The molecule has 0 bridgehead atoms. The molecule has 0 aliphatic carbocycles. The maximum Gasteiger partial charge on any atom is 0.320 e. The fourth-order valence-electron chi connectivity index (χ4n) is 1.58. The normalized spacial score (nSPS) is 23.9. The fourth-order valence-corrected chi connectivity index (χ4v) is 1.58. The lowest BCUT2D eigenvalue weighted by Gasteiger charge is -2.33. The van der Waals surface area contributed by atoms with Gasteiger partial charge in [0.1, 0.15) is 0 Å². The van der Waals surface area contributed by atoms with Crippen LogP contribution in [-0.2, 0) is 9.53 Å². The average Bonchev–Trinajstić information content (AvgIpc) is 2.07. The Morgan fingerprint density at radius 3 is 2.93 bits per heavy atom. The van der Waals surface area contributed by atoms with Crippen molar-refractivity contribution in [1.29, 1.82) is 0 Å². The summed E-state index contributed by atoms with van der Waals surface area (Å²) in [4.78, 5) is 13.5. The third-order valence-corrected chi connectivity index (χ3v) is 2.34. The Balaban J connectivity index is 2.31. The highest BCUT2D eigenvalue weighted by atomic mass is 16.5. The molecule has 14 heavy (non-hydrogen) atoms. The van der Waals surface area contributed by atoms with E-state index in [4.69, 9.17) is 4.74 Å². The largest absolute Gasteiger partial charge is 0.462 e. The number of carbonyl (C=O) groups is 1. The fraction of sp³-hybridized carbons (Fsp3) is 0.900. The van der Waals surface area contributed by atoms with Gasteiger partial charge in [-0.3, -0.25) is 9.69 Å². The molecule has 0 amide bonds. The molecule has 1 aliphatic rings. The van der Waals surface area contributed by atoms with Crippen molar-refractivity contribution < 1.29 is 9.53 Å². The number of esters is 1. The number of hydrogen-bond donors (Lipinski definition) is 1. The van der Waals surface area contributed by atoms with Crippen molar-refractivity contribution >= 4 is 5.97 Å². The summed E-state index contributed by atoms with van der Waals surface area (Å²) in [6, 6.07) is 0.420. The molecule has 0 aromatic rings. The smallest absolute Gasteiger partial charge is 0.320 e. The van der Waals surface area contributed by atoms with Gasteiger partial charge in [-0.15, -0.1) is 0 Å². The van der Waals surface area contributed by atoms with Crippen molar-refractivity contribution in [2.24, 2.45) is 0 Å². The van der Waals surface area contributed by atoms with E-state index in [2.05, 4.69) is 17.1 Å². The van der Waals surface area contributed by atoms with E-state index in [1.165, 1.54) is 0 Å². The standard InChI is InChI=1S/C10H20N2O2/c1-8(2)14-10(13)7-12-5-4-11-6-9(12)3/h8-9,11H,4-7H2,1-3H3. The van der Waals surface area contributed by atoms with Gasteiger partial charge in [0.15, 0.2) is 0 Å². The molecule has 1 rings (SSSR count). The van der Waals surface area contributed by atoms with E-state index in [1.54, 1.807) is 0 Å². The lowest BCUT2D eigenvalue weighted by Crippen LogP contribution is -2.51. The van der Waals surface area contributed by atoms with Crippen molar-refractivity contribution in [3.05, 3.63) is 0 Å². The molecule has 4 heteroatoms. The topological polar surface area (TPSA) is 41.6 Å². The van der Waals surface area contributed by atoms with Gasteiger partial charge in [-0.1, -0.05) is 0 Å². The van der Waals surface area contributed by atoms with Crippen LogP contribution in [0.15, 0.2) is 0 Å². The summed E-state index contributed by atoms with van der Waals surface area (Å²) in [5.74, 6) is -0.117. The Hall–Kier alpha value is -0.610. The molecule has 1 N–H and O–H groups in total. The van der Waals surface area contributed by atoms with Crippen molar-refractivity contribution in [2.75, 3.05) is 26.2 Å². The first-order chi connectivity index (χ1) is 6.59. The van der Waals surface area contributed by atoms with Crippen molar-refractivity contribution in [1.82, 2.24) is 10.2 Å². The van der Waals surface area contributed by atoms with Gasteiger partial charge in [0.05, 0.1) is 12.6 Å². The predicted octanol–water partition coefficient (Wildman–Crippen LogP) is 0.232. The molecular formula is C10H20N2O2. The van der Waals surface area contributed by atoms with E-state index in [0.717, 1.165) is 19.6 Å². The van der Waals surface area contributed by atoms with Gasteiger partial charge in [0.25, 0.3) is 0 Å². The first-order valence-corrected chi connectivity index (χ1v) is 5.24. The van der Waals surface area contributed by atoms with Crippen LogP contribution in [0.4, 0.5) is 0 Å². The van der Waals surface area contributed by atoms with Gasteiger partial charge in [0, 0.05) is 25.7 Å². The lowest BCUT2D eigenvalue weighted by molar-refractivity contribution is -0.149. The van der Waals surface area contributed by atoms with Crippen LogP contribution < -0.4 is 5.32 Å². The second-order valence-corrected chi connectivity index (χ2v) is 4.06. The van der Waals surface area contributed by atoms with Crippen molar-refractivity contribution in [3.63, 3.8) is 0 Å². The van der Waals surface area contributed by atoms with Crippen LogP contribution in [0, 0.1) is 0 Å². The molecule has 0 saturated carbocycles. The third-order valence-electron chi connectivity index (χ3n) is 2.34. The summed E-state index contributed by atoms with van der Waals surface area (Å²) < 4.78 is 5.10. The van der Waals surface area contributed by atoms with Crippen molar-refractivity contribution in [2.45, 2.75) is 32.9 Å². The minimum atomic E-state index is -0.117. The Morgan fingerprint density at radius 2 is 2.36 bits per heavy atom. The van der Waals surface area contributed by atoms with Crippen LogP contribution in [0.1, 0.15) is 20.8 Å². The number of carbonyl (C=O) groups excluding carboxylic acids is 1. The van der Waals surface area contributed by atoms with Gasteiger partial charge >= 0.3 is 5.97 Å². The molecule has 82 valence electrons. The number of piperazine rings is 1. The van der Waals surface area contributed by atoms with E-state index < -0.39 is 0 Å². The average molecular weight is 200 g/mol. The Bertz CT molecular complexity index is 195. The van der Waals surface area contributed by atoms with Gasteiger partial charge in [0.2, 0.25) is 0 Å². The Morgan fingerprint density at radius 1 is 1.64 bits per heavy atom. The van der Waals surface area contributed by atoms with Gasteiger partial charge in [-0.25, -0.2) is 0 Å². The highest BCUT2D eigenvalue weighted by molar-refractivity contribution is 5.71. The van der Waals surface area contributed by atoms with E-state index in [1.807, 2.05) is 13.8 Å². The summed E-state index contributed by atoms with van der Waals surface area (Å²) in [7, 11) is 0. The summed E-state index contributed by atoms with van der Waals surface area (Å²) in [5.41, 5.74) is 0. The van der Waals surface area contributed by atoms with E-state index in [9.17, 15) is 4.79 Å². The molecule has 1 saturated heterocycles. The molecule has 1 heterocycles. The molecule has 1 fully saturated rings. The number of hydrogen-bond acceptors (Lipinski definition) is 4. The maximum atomic E-state index is 11.4. The van der Waals surface area contributed by atoms with E-state index in [0.29, 0.717) is 12.6 Å². The molecule has 0 radical (unpaired) electrons.